The van der Waals surface area contributed by atoms with Crippen LogP contribution < -0.4 is 21.7 Å². The highest BCUT2D eigenvalue weighted by atomic mass is 35.5. The number of aromatic nitrogens is 1. The first-order chi connectivity index (χ1) is 13.3. The number of carbonyl (C=O) groups excluding carboxylic acids is 3. The molecule has 0 bridgehead atoms. The normalized spacial score (nSPS) is 10.8. The van der Waals surface area contributed by atoms with Crippen LogP contribution in [-0.4, -0.2) is 35.3 Å². The van der Waals surface area contributed by atoms with Gasteiger partial charge in [0.25, 0.3) is 5.91 Å². The monoisotopic (exact) mass is 455 g/mol. The molecule has 0 saturated heterocycles. The maximum absolute atomic E-state index is 12.3. The molecule has 2 rings (SSSR count). The van der Waals surface area contributed by atoms with Gasteiger partial charge >= 0.3 is 0 Å². The third kappa shape index (κ3) is 7.98. The molecule has 0 saturated carbocycles. The summed E-state index contributed by atoms with van der Waals surface area (Å²) in [7, 11) is 0. The van der Waals surface area contributed by atoms with Crippen LogP contribution in [0, 0.1) is 12.8 Å². The predicted molar refractivity (Wildman–Crippen MR) is 122 cm³/mol. The van der Waals surface area contributed by atoms with Crippen molar-refractivity contribution >= 4 is 53.9 Å². The zero-order chi connectivity index (χ0) is 20.7. The van der Waals surface area contributed by atoms with Crippen LogP contribution >= 0.6 is 24.8 Å². The molecule has 10 heteroatoms. The second-order valence-corrected chi connectivity index (χ2v) is 6.76. The van der Waals surface area contributed by atoms with Crippen molar-refractivity contribution in [3.63, 3.8) is 0 Å². The lowest BCUT2D eigenvalue weighted by molar-refractivity contribution is -0.125. The number of carbonyl (C=O) groups is 3. The molecule has 0 radical (unpaired) electrons. The standard InChI is InChI=1S/C20H25N5O3.2ClH/c1-12(2)18(21)20(28)23-11-17(26)24-15-5-4-13(3)16(10-15)25-19(27)14-6-8-22-9-7-14;;/h4-10,12,18H,11,21H2,1-3H3,(H,23,28)(H,24,26)(H,25,27);2*1H/t18-;;/m0../s1. The van der Waals surface area contributed by atoms with Crippen LogP contribution in [0.2, 0.25) is 0 Å². The molecule has 0 unspecified atom stereocenters. The van der Waals surface area contributed by atoms with Gasteiger partial charge < -0.3 is 21.7 Å². The van der Waals surface area contributed by atoms with Crippen LogP contribution in [-0.2, 0) is 9.59 Å². The van der Waals surface area contributed by atoms with E-state index in [1.807, 2.05) is 20.8 Å². The minimum absolute atomic E-state index is 0. The molecule has 5 N–H and O–H groups in total. The first-order valence-electron chi connectivity index (χ1n) is 8.93. The van der Waals surface area contributed by atoms with E-state index in [0.717, 1.165) is 5.56 Å². The fourth-order valence-electron chi connectivity index (χ4n) is 2.33. The Morgan fingerprint density at radius 3 is 2.27 bits per heavy atom. The molecule has 30 heavy (non-hydrogen) atoms. The van der Waals surface area contributed by atoms with Gasteiger partial charge in [-0.1, -0.05) is 19.9 Å². The van der Waals surface area contributed by atoms with E-state index in [2.05, 4.69) is 20.9 Å². The fraction of sp³-hybridized carbons (Fsp3) is 0.300. The molecular weight excluding hydrogens is 429 g/mol. The molecule has 2 aromatic rings. The van der Waals surface area contributed by atoms with Crippen molar-refractivity contribution in [2.75, 3.05) is 17.2 Å². The van der Waals surface area contributed by atoms with E-state index in [1.165, 1.54) is 12.4 Å². The minimum Gasteiger partial charge on any atom is -0.346 e. The highest BCUT2D eigenvalue weighted by Gasteiger charge is 2.17. The van der Waals surface area contributed by atoms with Crippen LogP contribution in [0.3, 0.4) is 0 Å². The van der Waals surface area contributed by atoms with Gasteiger partial charge in [0.05, 0.1) is 12.6 Å². The zero-order valence-corrected chi connectivity index (χ0v) is 18.6. The Balaban J connectivity index is 0.00000420. The third-order valence-electron chi connectivity index (χ3n) is 4.16. The van der Waals surface area contributed by atoms with Gasteiger partial charge in [0.1, 0.15) is 0 Å². The van der Waals surface area contributed by atoms with E-state index in [1.54, 1.807) is 30.3 Å². The summed E-state index contributed by atoms with van der Waals surface area (Å²) >= 11 is 0. The van der Waals surface area contributed by atoms with E-state index in [9.17, 15) is 14.4 Å². The molecule has 0 aliphatic heterocycles. The van der Waals surface area contributed by atoms with E-state index in [0.29, 0.717) is 16.9 Å². The average Bonchev–Trinajstić information content (AvgIpc) is 2.68. The lowest BCUT2D eigenvalue weighted by atomic mass is 10.1. The summed E-state index contributed by atoms with van der Waals surface area (Å²) in [5, 5.41) is 8.02. The van der Waals surface area contributed by atoms with Crippen molar-refractivity contribution < 1.29 is 14.4 Å². The first-order valence-corrected chi connectivity index (χ1v) is 8.93. The highest BCUT2D eigenvalue weighted by Crippen LogP contribution is 2.21. The fourth-order valence-corrected chi connectivity index (χ4v) is 2.33. The van der Waals surface area contributed by atoms with E-state index < -0.39 is 6.04 Å². The number of hydrogen-bond donors (Lipinski definition) is 4. The molecule has 0 spiro atoms. The van der Waals surface area contributed by atoms with Crippen LogP contribution in [0.15, 0.2) is 42.7 Å². The van der Waals surface area contributed by atoms with Crippen LogP contribution in [0.5, 0.6) is 0 Å². The van der Waals surface area contributed by atoms with Crippen LogP contribution in [0.25, 0.3) is 0 Å². The smallest absolute Gasteiger partial charge is 0.255 e. The van der Waals surface area contributed by atoms with Crippen molar-refractivity contribution in [1.29, 1.82) is 0 Å². The summed E-state index contributed by atoms with van der Waals surface area (Å²) in [4.78, 5) is 40.1. The zero-order valence-electron chi connectivity index (χ0n) is 17.0. The molecule has 1 atom stereocenters. The second kappa shape index (κ2) is 12.8. The number of anilines is 2. The number of pyridine rings is 1. The topological polar surface area (TPSA) is 126 Å². The molecule has 0 aliphatic rings. The molecule has 0 fully saturated rings. The van der Waals surface area contributed by atoms with Gasteiger partial charge in [-0.15, -0.1) is 24.8 Å². The van der Waals surface area contributed by atoms with Crippen molar-refractivity contribution in [3.8, 4) is 0 Å². The highest BCUT2D eigenvalue weighted by molar-refractivity contribution is 6.05. The molecule has 1 aromatic carbocycles. The number of rotatable bonds is 7. The lowest BCUT2D eigenvalue weighted by Crippen LogP contribution is -2.46. The Bertz CT molecular complexity index is 863. The number of amides is 3. The maximum atomic E-state index is 12.3. The third-order valence-corrected chi connectivity index (χ3v) is 4.16. The Labute approximate surface area is 188 Å². The van der Waals surface area contributed by atoms with Gasteiger partial charge in [-0.25, -0.2) is 0 Å². The van der Waals surface area contributed by atoms with Gasteiger partial charge in [0.2, 0.25) is 11.8 Å². The Morgan fingerprint density at radius 1 is 1.03 bits per heavy atom. The summed E-state index contributed by atoms with van der Waals surface area (Å²) in [6.07, 6.45) is 3.08. The number of nitrogens with one attached hydrogen (secondary N) is 3. The number of hydrogen-bond acceptors (Lipinski definition) is 5. The molecule has 1 aromatic heterocycles. The molecule has 8 nitrogen and oxygen atoms in total. The number of benzene rings is 1. The minimum atomic E-state index is -0.665. The van der Waals surface area contributed by atoms with E-state index in [4.69, 9.17) is 5.73 Å². The van der Waals surface area contributed by atoms with E-state index >= 15 is 0 Å². The Morgan fingerprint density at radius 2 is 1.67 bits per heavy atom. The first kappa shape index (κ1) is 27.3. The summed E-state index contributed by atoms with van der Waals surface area (Å²) in [6.45, 7) is 5.32. The number of aryl methyl sites for hydroxylation is 1. The molecule has 0 aliphatic carbocycles. The van der Waals surface area contributed by atoms with Crippen molar-refractivity contribution in [3.05, 3.63) is 53.9 Å². The van der Waals surface area contributed by atoms with E-state index in [-0.39, 0.29) is 55.0 Å². The van der Waals surface area contributed by atoms with Gasteiger partial charge in [0.15, 0.2) is 0 Å². The average molecular weight is 456 g/mol. The van der Waals surface area contributed by atoms with Gasteiger partial charge in [-0.2, -0.15) is 0 Å². The number of nitrogens with zero attached hydrogens (tertiary/aromatic N) is 1. The van der Waals surface area contributed by atoms with Crippen molar-refractivity contribution in [1.82, 2.24) is 10.3 Å². The molecule has 164 valence electrons. The summed E-state index contributed by atoms with van der Waals surface area (Å²) in [5.74, 6) is -1.06. The summed E-state index contributed by atoms with van der Waals surface area (Å²) < 4.78 is 0. The quantitative estimate of drug-likeness (QED) is 0.510. The largest absolute Gasteiger partial charge is 0.346 e. The number of halogens is 2. The summed E-state index contributed by atoms with van der Waals surface area (Å²) in [5.41, 5.74) is 8.14. The predicted octanol–water partition coefficient (Wildman–Crippen LogP) is 2.52. The Hall–Kier alpha value is -2.68. The van der Waals surface area contributed by atoms with Gasteiger partial charge in [-0.3, -0.25) is 19.4 Å². The van der Waals surface area contributed by atoms with Crippen molar-refractivity contribution in [2.24, 2.45) is 11.7 Å². The Kier molecular flexibility index (Phi) is 11.6. The van der Waals surface area contributed by atoms with Crippen molar-refractivity contribution in [2.45, 2.75) is 26.8 Å². The maximum Gasteiger partial charge on any atom is 0.255 e. The summed E-state index contributed by atoms with van der Waals surface area (Å²) in [6, 6.07) is 7.72. The van der Waals surface area contributed by atoms with Crippen LogP contribution in [0.4, 0.5) is 11.4 Å². The second-order valence-electron chi connectivity index (χ2n) is 6.76. The lowest BCUT2D eigenvalue weighted by Gasteiger charge is -2.15. The SMILES string of the molecule is Cc1ccc(NC(=O)CNC(=O)[C@@H](N)C(C)C)cc1NC(=O)c1ccncc1.Cl.Cl. The molecule has 1 heterocycles. The molecular formula is C20H27Cl2N5O3. The molecule has 3 amide bonds. The number of nitrogens with two attached hydrogens (primary N) is 1. The van der Waals surface area contributed by atoms with Crippen LogP contribution in [0.1, 0.15) is 29.8 Å². The van der Waals surface area contributed by atoms with Gasteiger partial charge in [-0.05, 0) is 42.7 Å². The van der Waals surface area contributed by atoms with Gasteiger partial charge in [0, 0.05) is 29.3 Å².